The van der Waals surface area contributed by atoms with E-state index < -0.39 is 0 Å². The number of nitrogens with zero attached hydrogens (tertiary/aromatic N) is 2. The highest BCUT2D eigenvalue weighted by Crippen LogP contribution is 2.16. The maximum absolute atomic E-state index is 11.1. The van der Waals surface area contributed by atoms with Gasteiger partial charge in [0.1, 0.15) is 0 Å². The quantitative estimate of drug-likeness (QED) is 0.825. The Kier molecular flexibility index (Phi) is 4.03. The van der Waals surface area contributed by atoms with Gasteiger partial charge in [0.25, 0.3) is 0 Å². The number of rotatable bonds is 4. The number of hydrogen-bond donors (Lipinski definition) is 1. The van der Waals surface area contributed by atoms with Crippen molar-refractivity contribution < 1.29 is 4.79 Å². The predicted molar refractivity (Wildman–Crippen MR) is 58.4 cm³/mol. The second-order valence-corrected chi connectivity index (χ2v) is 4.14. The van der Waals surface area contributed by atoms with Crippen LogP contribution in [0.5, 0.6) is 0 Å². The van der Waals surface area contributed by atoms with Gasteiger partial charge in [0, 0.05) is 18.3 Å². The maximum Gasteiger partial charge on any atom is 0.225 e. The fourth-order valence-corrected chi connectivity index (χ4v) is 1.69. The molecular formula is C9H15N3OS. The molecule has 0 aromatic carbocycles. The molecule has 1 aromatic heterocycles. The van der Waals surface area contributed by atoms with Crippen molar-refractivity contribution >= 4 is 22.4 Å². The van der Waals surface area contributed by atoms with Crippen LogP contribution in [-0.4, -0.2) is 29.9 Å². The van der Waals surface area contributed by atoms with Crippen LogP contribution < -0.4 is 5.32 Å². The van der Waals surface area contributed by atoms with Crippen molar-refractivity contribution in [1.82, 2.24) is 9.88 Å². The van der Waals surface area contributed by atoms with Gasteiger partial charge in [-0.1, -0.05) is 6.92 Å². The van der Waals surface area contributed by atoms with Crippen LogP contribution in [0.15, 0.2) is 5.38 Å². The van der Waals surface area contributed by atoms with Gasteiger partial charge in [-0.15, -0.1) is 11.3 Å². The Bertz CT molecular complexity index is 309. The van der Waals surface area contributed by atoms with E-state index in [9.17, 15) is 4.79 Å². The van der Waals surface area contributed by atoms with Crippen LogP contribution in [0, 0.1) is 0 Å². The topological polar surface area (TPSA) is 45.2 Å². The molecule has 0 unspecified atom stereocenters. The lowest BCUT2D eigenvalue weighted by Gasteiger charge is -2.05. The van der Waals surface area contributed by atoms with Gasteiger partial charge < -0.3 is 10.2 Å². The van der Waals surface area contributed by atoms with E-state index in [1.807, 2.05) is 31.3 Å². The van der Waals surface area contributed by atoms with E-state index in [1.165, 1.54) is 11.3 Å². The molecular weight excluding hydrogens is 198 g/mol. The summed E-state index contributed by atoms with van der Waals surface area (Å²) in [6.07, 6.45) is 0.489. The molecule has 14 heavy (non-hydrogen) atoms. The molecule has 0 atom stereocenters. The van der Waals surface area contributed by atoms with Crippen LogP contribution in [-0.2, 0) is 11.3 Å². The van der Waals surface area contributed by atoms with Crippen molar-refractivity contribution in [2.75, 3.05) is 19.4 Å². The molecule has 4 nitrogen and oxygen atoms in total. The summed E-state index contributed by atoms with van der Waals surface area (Å²) < 4.78 is 0. The summed E-state index contributed by atoms with van der Waals surface area (Å²) in [6.45, 7) is 2.63. The number of anilines is 1. The highest BCUT2D eigenvalue weighted by molar-refractivity contribution is 7.13. The van der Waals surface area contributed by atoms with Crippen LogP contribution in [0.4, 0.5) is 5.13 Å². The number of thiazole rings is 1. The van der Waals surface area contributed by atoms with Crippen LogP contribution >= 0.6 is 11.3 Å². The maximum atomic E-state index is 11.1. The largest absolute Gasteiger partial charge is 0.304 e. The second kappa shape index (κ2) is 5.07. The lowest BCUT2D eigenvalue weighted by molar-refractivity contribution is -0.115. The minimum atomic E-state index is 0.00996. The van der Waals surface area contributed by atoms with E-state index in [1.54, 1.807) is 0 Å². The van der Waals surface area contributed by atoms with Gasteiger partial charge in [0.15, 0.2) is 5.13 Å². The Balaban J connectivity index is 2.55. The normalized spacial score (nSPS) is 10.6. The highest BCUT2D eigenvalue weighted by Gasteiger charge is 2.04. The van der Waals surface area contributed by atoms with Crippen LogP contribution in [0.1, 0.15) is 19.0 Å². The standard InChI is InChI=1S/C9H15N3OS/c1-4-8(13)11-9-10-7(6-14-9)5-12(2)3/h6H,4-5H2,1-3H3,(H,10,11,13). The van der Waals surface area contributed by atoms with Crippen molar-refractivity contribution in [3.8, 4) is 0 Å². The summed E-state index contributed by atoms with van der Waals surface area (Å²) in [5.74, 6) is 0.00996. The monoisotopic (exact) mass is 213 g/mol. The summed E-state index contributed by atoms with van der Waals surface area (Å²) in [7, 11) is 3.98. The Morgan fingerprint density at radius 3 is 2.93 bits per heavy atom. The first-order valence-corrected chi connectivity index (χ1v) is 5.38. The minimum Gasteiger partial charge on any atom is -0.304 e. The van der Waals surface area contributed by atoms with Crippen molar-refractivity contribution in [3.05, 3.63) is 11.1 Å². The summed E-state index contributed by atoms with van der Waals surface area (Å²) in [4.78, 5) is 17.4. The molecule has 1 heterocycles. The van der Waals surface area contributed by atoms with E-state index in [-0.39, 0.29) is 5.91 Å². The second-order valence-electron chi connectivity index (χ2n) is 3.28. The molecule has 0 radical (unpaired) electrons. The fourth-order valence-electron chi connectivity index (χ4n) is 0.969. The minimum absolute atomic E-state index is 0.00996. The molecule has 1 rings (SSSR count). The zero-order valence-electron chi connectivity index (χ0n) is 8.70. The Morgan fingerprint density at radius 1 is 1.64 bits per heavy atom. The molecule has 0 fully saturated rings. The van der Waals surface area contributed by atoms with E-state index in [0.717, 1.165) is 12.2 Å². The van der Waals surface area contributed by atoms with E-state index in [0.29, 0.717) is 11.6 Å². The molecule has 5 heteroatoms. The number of nitrogens with one attached hydrogen (secondary N) is 1. The number of hydrogen-bond acceptors (Lipinski definition) is 4. The molecule has 1 N–H and O–H groups in total. The Morgan fingerprint density at radius 2 is 2.36 bits per heavy atom. The average Bonchev–Trinajstić information content (AvgIpc) is 2.51. The van der Waals surface area contributed by atoms with E-state index in [4.69, 9.17) is 0 Å². The summed E-state index contributed by atoms with van der Waals surface area (Å²) in [5, 5.41) is 5.39. The first kappa shape index (κ1) is 11.1. The SMILES string of the molecule is CCC(=O)Nc1nc(CN(C)C)cs1. The number of amides is 1. The van der Waals surface area contributed by atoms with Crippen molar-refractivity contribution in [3.63, 3.8) is 0 Å². The zero-order valence-corrected chi connectivity index (χ0v) is 9.52. The molecule has 78 valence electrons. The Hall–Kier alpha value is -0.940. The van der Waals surface area contributed by atoms with Gasteiger partial charge in [0.05, 0.1) is 5.69 Å². The first-order valence-electron chi connectivity index (χ1n) is 4.50. The lowest BCUT2D eigenvalue weighted by atomic mass is 10.4. The molecule has 0 spiro atoms. The van der Waals surface area contributed by atoms with Gasteiger partial charge in [-0.05, 0) is 14.1 Å². The number of aromatic nitrogens is 1. The molecule has 0 saturated carbocycles. The number of carbonyl (C=O) groups is 1. The summed E-state index contributed by atoms with van der Waals surface area (Å²) >= 11 is 1.47. The molecule has 0 aliphatic rings. The number of carbonyl (C=O) groups excluding carboxylic acids is 1. The molecule has 0 aliphatic carbocycles. The highest BCUT2D eigenvalue weighted by atomic mass is 32.1. The third-order valence-corrected chi connectivity index (χ3v) is 2.40. The summed E-state index contributed by atoms with van der Waals surface area (Å²) in [6, 6.07) is 0. The summed E-state index contributed by atoms with van der Waals surface area (Å²) in [5.41, 5.74) is 0.992. The third kappa shape index (κ3) is 3.43. The molecule has 1 aromatic rings. The zero-order chi connectivity index (χ0) is 10.6. The predicted octanol–water partition coefficient (Wildman–Crippen LogP) is 1.55. The van der Waals surface area contributed by atoms with Gasteiger partial charge >= 0.3 is 0 Å². The van der Waals surface area contributed by atoms with Crippen LogP contribution in [0.25, 0.3) is 0 Å². The van der Waals surface area contributed by atoms with Gasteiger partial charge in [-0.2, -0.15) is 0 Å². The lowest BCUT2D eigenvalue weighted by Crippen LogP contribution is -2.12. The Labute approximate surface area is 88.0 Å². The molecule has 0 aliphatic heterocycles. The van der Waals surface area contributed by atoms with Crippen molar-refractivity contribution in [2.45, 2.75) is 19.9 Å². The van der Waals surface area contributed by atoms with Crippen molar-refractivity contribution in [2.24, 2.45) is 0 Å². The van der Waals surface area contributed by atoms with Gasteiger partial charge in [-0.25, -0.2) is 4.98 Å². The first-order chi connectivity index (χ1) is 6.61. The van der Waals surface area contributed by atoms with Gasteiger partial charge in [0.2, 0.25) is 5.91 Å². The van der Waals surface area contributed by atoms with Gasteiger partial charge in [-0.3, -0.25) is 4.79 Å². The van der Waals surface area contributed by atoms with E-state index in [2.05, 4.69) is 10.3 Å². The molecule has 0 saturated heterocycles. The van der Waals surface area contributed by atoms with Crippen LogP contribution in [0.3, 0.4) is 0 Å². The van der Waals surface area contributed by atoms with Crippen LogP contribution in [0.2, 0.25) is 0 Å². The third-order valence-electron chi connectivity index (χ3n) is 1.60. The van der Waals surface area contributed by atoms with E-state index >= 15 is 0 Å². The fraction of sp³-hybridized carbons (Fsp3) is 0.556. The molecule has 1 amide bonds. The molecule has 0 bridgehead atoms. The average molecular weight is 213 g/mol. The van der Waals surface area contributed by atoms with Crippen molar-refractivity contribution in [1.29, 1.82) is 0 Å². The smallest absolute Gasteiger partial charge is 0.225 e.